The molecule has 2 aliphatic rings. The van der Waals surface area contributed by atoms with Crippen LogP contribution in [0.5, 0.6) is 5.75 Å². The topological polar surface area (TPSA) is 59.9 Å². The largest absolute Gasteiger partial charge is 0.508 e. The van der Waals surface area contributed by atoms with E-state index in [1.54, 1.807) is 0 Å². The minimum atomic E-state index is 0. The van der Waals surface area contributed by atoms with E-state index in [0.29, 0.717) is 18.3 Å². The molecule has 0 amide bonds. The second-order valence-corrected chi connectivity index (χ2v) is 7.61. The Morgan fingerprint density at radius 2 is 2.04 bits per heavy atom. The van der Waals surface area contributed by atoms with Gasteiger partial charge in [0.05, 0.1) is 6.54 Å². The molecule has 1 aliphatic carbocycles. The Morgan fingerprint density at radius 1 is 1.29 bits per heavy atom. The molecule has 1 aliphatic heterocycles. The molecule has 6 heteroatoms. The average Bonchev–Trinajstić information content (AvgIpc) is 2.69. The van der Waals surface area contributed by atoms with Crippen LogP contribution in [0.25, 0.3) is 0 Å². The highest BCUT2D eigenvalue weighted by Gasteiger charge is 2.20. The van der Waals surface area contributed by atoms with Crippen molar-refractivity contribution < 1.29 is 5.11 Å². The standard InChI is InChI=1S/C22H34N4O.HI/c1-3-13-26-14-11-18(12-15-26)25-22(23-4-2)24-16-20-19-8-6-5-7-17(19)9-10-21(20)27;/h3,9-10,18,27H,1,4-8,11-16H2,2H3,(H2,23,24,25);1H. The number of fused-ring (bicyclic) bond motifs is 1. The average molecular weight is 498 g/mol. The van der Waals surface area contributed by atoms with Gasteiger partial charge in [-0.25, -0.2) is 4.99 Å². The van der Waals surface area contributed by atoms with Crippen LogP contribution in [0.1, 0.15) is 49.3 Å². The molecule has 3 rings (SSSR count). The lowest BCUT2D eigenvalue weighted by atomic mass is 9.88. The van der Waals surface area contributed by atoms with Gasteiger partial charge in [0.25, 0.3) is 0 Å². The SMILES string of the molecule is C=CCN1CCC(NC(=NCc2c(O)ccc3c2CCCC3)NCC)CC1.I. The van der Waals surface area contributed by atoms with Crippen molar-refractivity contribution in [3.8, 4) is 5.75 Å². The molecule has 0 aromatic heterocycles. The number of likely N-dealkylation sites (tertiary alicyclic amines) is 1. The van der Waals surface area contributed by atoms with Crippen molar-refractivity contribution in [2.75, 3.05) is 26.2 Å². The van der Waals surface area contributed by atoms with Crippen LogP contribution in [0.4, 0.5) is 0 Å². The van der Waals surface area contributed by atoms with E-state index in [1.165, 1.54) is 24.0 Å². The number of nitrogens with one attached hydrogen (secondary N) is 2. The van der Waals surface area contributed by atoms with E-state index in [1.807, 2.05) is 12.1 Å². The first kappa shape index (κ1) is 23.0. The molecule has 0 radical (unpaired) electrons. The smallest absolute Gasteiger partial charge is 0.191 e. The van der Waals surface area contributed by atoms with E-state index >= 15 is 0 Å². The Bertz CT molecular complexity index is 669. The Labute approximate surface area is 186 Å². The number of aryl methyl sites for hydroxylation is 1. The van der Waals surface area contributed by atoms with E-state index < -0.39 is 0 Å². The van der Waals surface area contributed by atoms with Crippen LogP contribution < -0.4 is 10.6 Å². The highest BCUT2D eigenvalue weighted by molar-refractivity contribution is 14.0. The van der Waals surface area contributed by atoms with E-state index in [-0.39, 0.29) is 24.0 Å². The summed E-state index contributed by atoms with van der Waals surface area (Å²) in [5.74, 6) is 1.24. The van der Waals surface area contributed by atoms with Gasteiger partial charge in [-0.2, -0.15) is 0 Å². The zero-order valence-corrected chi connectivity index (χ0v) is 19.4. The fourth-order valence-corrected chi connectivity index (χ4v) is 4.18. The number of halogens is 1. The number of hydrogen-bond donors (Lipinski definition) is 3. The minimum Gasteiger partial charge on any atom is -0.508 e. The first-order valence-electron chi connectivity index (χ1n) is 10.4. The lowest BCUT2D eigenvalue weighted by Gasteiger charge is -2.32. The third-order valence-electron chi connectivity index (χ3n) is 5.68. The van der Waals surface area contributed by atoms with Gasteiger partial charge in [0.2, 0.25) is 0 Å². The van der Waals surface area contributed by atoms with Gasteiger partial charge in [0, 0.05) is 37.8 Å². The van der Waals surface area contributed by atoms with Gasteiger partial charge >= 0.3 is 0 Å². The first-order valence-corrected chi connectivity index (χ1v) is 10.4. The van der Waals surface area contributed by atoms with Crippen LogP contribution in [0, 0.1) is 0 Å². The van der Waals surface area contributed by atoms with E-state index in [9.17, 15) is 5.11 Å². The summed E-state index contributed by atoms with van der Waals surface area (Å²) >= 11 is 0. The number of rotatable bonds is 6. The third kappa shape index (κ3) is 6.11. The van der Waals surface area contributed by atoms with Gasteiger partial charge in [-0.05, 0) is 62.6 Å². The van der Waals surface area contributed by atoms with Crippen molar-refractivity contribution in [2.24, 2.45) is 4.99 Å². The molecule has 5 nitrogen and oxygen atoms in total. The fourth-order valence-electron chi connectivity index (χ4n) is 4.18. The lowest BCUT2D eigenvalue weighted by molar-refractivity contribution is 0.225. The number of aromatic hydroxyl groups is 1. The van der Waals surface area contributed by atoms with Gasteiger partial charge in [0.1, 0.15) is 5.75 Å². The van der Waals surface area contributed by atoms with Gasteiger partial charge < -0.3 is 15.7 Å². The second-order valence-electron chi connectivity index (χ2n) is 7.61. The van der Waals surface area contributed by atoms with Crippen LogP contribution >= 0.6 is 24.0 Å². The van der Waals surface area contributed by atoms with Crippen LogP contribution in [-0.2, 0) is 19.4 Å². The molecule has 1 aromatic carbocycles. The number of piperidine rings is 1. The summed E-state index contributed by atoms with van der Waals surface area (Å²) in [6.45, 7) is 10.4. The first-order chi connectivity index (χ1) is 13.2. The number of phenols is 1. The predicted molar refractivity (Wildman–Crippen MR) is 128 cm³/mol. The maximum absolute atomic E-state index is 10.4. The summed E-state index contributed by atoms with van der Waals surface area (Å²) < 4.78 is 0. The van der Waals surface area contributed by atoms with E-state index in [2.05, 4.69) is 35.1 Å². The number of hydrogen-bond acceptors (Lipinski definition) is 3. The third-order valence-corrected chi connectivity index (χ3v) is 5.68. The van der Waals surface area contributed by atoms with Crippen molar-refractivity contribution in [3.63, 3.8) is 0 Å². The van der Waals surface area contributed by atoms with E-state index in [4.69, 9.17) is 4.99 Å². The highest BCUT2D eigenvalue weighted by Crippen LogP contribution is 2.31. The number of benzene rings is 1. The van der Waals surface area contributed by atoms with E-state index in [0.717, 1.165) is 63.4 Å². The normalized spacial score (nSPS) is 18.1. The number of guanidine groups is 1. The molecule has 0 spiro atoms. The molecule has 1 heterocycles. The fraction of sp³-hybridized carbons (Fsp3) is 0.591. The minimum absolute atomic E-state index is 0. The number of nitrogens with zero attached hydrogens (tertiary/aromatic N) is 2. The second kappa shape index (κ2) is 11.7. The van der Waals surface area contributed by atoms with Crippen LogP contribution in [-0.4, -0.2) is 48.2 Å². The summed E-state index contributed by atoms with van der Waals surface area (Å²) in [6, 6.07) is 4.37. The number of aliphatic imine (C=N–C) groups is 1. The number of phenolic OH excluding ortho intramolecular Hbond substituents is 1. The summed E-state index contributed by atoms with van der Waals surface area (Å²) in [6.07, 6.45) is 8.83. The van der Waals surface area contributed by atoms with Gasteiger partial charge in [-0.1, -0.05) is 12.1 Å². The van der Waals surface area contributed by atoms with Crippen LogP contribution in [0.15, 0.2) is 29.8 Å². The quantitative estimate of drug-likeness (QED) is 0.243. The molecule has 1 saturated heterocycles. The predicted octanol–water partition coefficient (Wildman–Crippen LogP) is 3.59. The van der Waals surface area contributed by atoms with Crippen molar-refractivity contribution in [3.05, 3.63) is 41.5 Å². The summed E-state index contributed by atoms with van der Waals surface area (Å²) in [4.78, 5) is 7.24. The molecule has 0 unspecified atom stereocenters. The zero-order chi connectivity index (χ0) is 19.1. The van der Waals surface area contributed by atoms with Crippen LogP contribution in [0.3, 0.4) is 0 Å². The molecule has 0 atom stereocenters. The summed E-state index contributed by atoms with van der Waals surface area (Å²) in [5, 5.41) is 17.3. The van der Waals surface area contributed by atoms with Crippen molar-refractivity contribution in [2.45, 2.75) is 58.0 Å². The Morgan fingerprint density at radius 3 is 2.75 bits per heavy atom. The molecule has 0 bridgehead atoms. The maximum atomic E-state index is 10.4. The summed E-state index contributed by atoms with van der Waals surface area (Å²) in [7, 11) is 0. The highest BCUT2D eigenvalue weighted by atomic mass is 127. The van der Waals surface area contributed by atoms with Crippen LogP contribution in [0.2, 0.25) is 0 Å². The van der Waals surface area contributed by atoms with Crippen molar-refractivity contribution in [1.82, 2.24) is 15.5 Å². The maximum Gasteiger partial charge on any atom is 0.191 e. The van der Waals surface area contributed by atoms with Gasteiger partial charge in [0.15, 0.2) is 5.96 Å². The molecule has 1 fully saturated rings. The molecule has 1 aromatic rings. The molecule has 156 valence electrons. The Balaban J connectivity index is 0.00000280. The Kier molecular flexibility index (Phi) is 9.58. The summed E-state index contributed by atoms with van der Waals surface area (Å²) in [5.41, 5.74) is 3.71. The van der Waals surface area contributed by atoms with Gasteiger partial charge in [-0.15, -0.1) is 30.6 Å². The monoisotopic (exact) mass is 498 g/mol. The zero-order valence-electron chi connectivity index (χ0n) is 17.0. The molecular weight excluding hydrogens is 463 g/mol. The van der Waals surface area contributed by atoms with Crippen molar-refractivity contribution in [1.29, 1.82) is 0 Å². The van der Waals surface area contributed by atoms with Crippen molar-refractivity contribution >= 4 is 29.9 Å². The Hall–Kier alpha value is -1.28. The molecule has 28 heavy (non-hydrogen) atoms. The lowest BCUT2D eigenvalue weighted by Crippen LogP contribution is -2.48. The molecule has 3 N–H and O–H groups in total. The molecular formula is C22H35IN4O. The van der Waals surface area contributed by atoms with Gasteiger partial charge in [-0.3, -0.25) is 4.90 Å². The molecule has 0 saturated carbocycles.